The third-order valence-corrected chi connectivity index (χ3v) is 4.27. The van der Waals surface area contributed by atoms with Gasteiger partial charge in [-0.2, -0.15) is 0 Å². The molecule has 0 fully saturated rings. The van der Waals surface area contributed by atoms with E-state index < -0.39 is 12.1 Å². The van der Waals surface area contributed by atoms with Gasteiger partial charge in [-0.1, -0.05) is 72.8 Å². The predicted molar refractivity (Wildman–Crippen MR) is 103 cm³/mol. The second kappa shape index (κ2) is 7.30. The van der Waals surface area contributed by atoms with E-state index >= 15 is 0 Å². The highest BCUT2D eigenvalue weighted by atomic mass is 16.6. The Morgan fingerprint density at radius 2 is 1.33 bits per heavy atom. The Bertz CT molecular complexity index is 1090. The van der Waals surface area contributed by atoms with E-state index in [0.29, 0.717) is 11.0 Å². The van der Waals surface area contributed by atoms with Crippen molar-refractivity contribution in [2.24, 2.45) is 0 Å². The fourth-order valence-corrected chi connectivity index (χ4v) is 2.95. The van der Waals surface area contributed by atoms with E-state index in [2.05, 4.69) is 0 Å². The van der Waals surface area contributed by atoms with Crippen molar-refractivity contribution in [3.63, 3.8) is 0 Å². The topological polar surface area (TPSA) is 56.5 Å². The Morgan fingerprint density at radius 3 is 1.96 bits per heavy atom. The molecule has 0 N–H and O–H groups in total. The van der Waals surface area contributed by atoms with Gasteiger partial charge in [0.2, 0.25) is 5.76 Å². The summed E-state index contributed by atoms with van der Waals surface area (Å²) in [6, 6.07) is 26.9. The number of fused-ring (bicyclic) bond motifs is 1. The molecule has 4 nitrogen and oxygen atoms in total. The number of para-hydroxylation sites is 1. The molecule has 0 radical (unpaired) electrons. The molecular weight excluding hydrogens is 340 g/mol. The fourth-order valence-electron chi connectivity index (χ4n) is 2.95. The van der Waals surface area contributed by atoms with Crippen molar-refractivity contribution in [2.75, 3.05) is 0 Å². The van der Waals surface area contributed by atoms with Crippen molar-refractivity contribution >= 4 is 16.9 Å². The van der Waals surface area contributed by atoms with Crippen molar-refractivity contribution in [1.82, 2.24) is 0 Å². The van der Waals surface area contributed by atoms with E-state index in [1.807, 2.05) is 60.7 Å². The van der Waals surface area contributed by atoms with Crippen LogP contribution in [0.5, 0.6) is 0 Å². The van der Waals surface area contributed by atoms with Crippen LogP contribution in [0.2, 0.25) is 0 Å². The van der Waals surface area contributed by atoms with Crippen LogP contribution in [0.1, 0.15) is 27.8 Å². The molecule has 0 aliphatic heterocycles. The molecule has 4 rings (SSSR count). The Kier molecular flexibility index (Phi) is 4.54. The van der Waals surface area contributed by atoms with Crippen molar-refractivity contribution < 1.29 is 13.9 Å². The van der Waals surface area contributed by atoms with E-state index in [4.69, 9.17) is 9.15 Å². The highest BCUT2D eigenvalue weighted by molar-refractivity contribution is 5.89. The Hall–Kier alpha value is -3.66. The molecular formula is C23H16O4. The van der Waals surface area contributed by atoms with Gasteiger partial charge in [-0.15, -0.1) is 0 Å². The van der Waals surface area contributed by atoms with E-state index in [0.717, 1.165) is 11.1 Å². The normalized spacial score (nSPS) is 10.9. The van der Waals surface area contributed by atoms with Crippen LogP contribution >= 0.6 is 0 Å². The lowest BCUT2D eigenvalue weighted by atomic mass is 10.0. The lowest BCUT2D eigenvalue weighted by Gasteiger charge is -2.18. The number of ether oxygens (including phenoxy) is 1. The molecule has 0 aliphatic carbocycles. The zero-order chi connectivity index (χ0) is 18.6. The lowest BCUT2D eigenvalue weighted by molar-refractivity contribution is 0.0342. The van der Waals surface area contributed by atoms with Crippen LogP contribution in [-0.2, 0) is 4.74 Å². The number of hydrogen-bond donors (Lipinski definition) is 0. The number of carbonyl (C=O) groups is 1. The van der Waals surface area contributed by atoms with Gasteiger partial charge in [-0.25, -0.2) is 4.79 Å². The van der Waals surface area contributed by atoms with Gasteiger partial charge in [-0.3, -0.25) is 4.79 Å². The van der Waals surface area contributed by atoms with Crippen LogP contribution in [0.4, 0.5) is 0 Å². The summed E-state index contributed by atoms with van der Waals surface area (Å²) in [6.07, 6.45) is -0.600. The molecule has 0 spiro atoms. The molecule has 1 aromatic heterocycles. The molecule has 0 bridgehead atoms. The Labute approximate surface area is 155 Å². The summed E-state index contributed by atoms with van der Waals surface area (Å²) >= 11 is 0. The molecule has 1 heterocycles. The SMILES string of the molecule is O=C(OC(c1ccccc1)c1ccccc1)c1cc(=O)c2ccccc2o1. The standard InChI is InChI=1S/C23H16O4/c24-19-15-21(26-20-14-8-7-13-18(19)20)23(25)27-22(16-9-3-1-4-10-16)17-11-5-2-6-12-17/h1-15,22H. The maximum absolute atomic E-state index is 12.7. The minimum absolute atomic E-state index is 0.115. The van der Waals surface area contributed by atoms with Crippen molar-refractivity contribution in [3.8, 4) is 0 Å². The average Bonchev–Trinajstić information content (AvgIpc) is 2.73. The van der Waals surface area contributed by atoms with Crippen LogP contribution in [-0.4, -0.2) is 5.97 Å². The smallest absolute Gasteiger partial charge is 0.375 e. The zero-order valence-electron chi connectivity index (χ0n) is 14.4. The Balaban J connectivity index is 1.71. The van der Waals surface area contributed by atoms with Gasteiger partial charge < -0.3 is 9.15 Å². The molecule has 4 aromatic rings. The molecule has 0 atom stereocenters. The van der Waals surface area contributed by atoms with E-state index in [1.54, 1.807) is 24.3 Å². The van der Waals surface area contributed by atoms with Crippen LogP contribution in [0.25, 0.3) is 11.0 Å². The van der Waals surface area contributed by atoms with Gasteiger partial charge in [0.15, 0.2) is 11.5 Å². The molecule has 4 heteroatoms. The maximum atomic E-state index is 12.7. The summed E-state index contributed by atoms with van der Waals surface area (Å²) in [7, 11) is 0. The first-order chi connectivity index (χ1) is 13.2. The highest BCUT2D eigenvalue weighted by Gasteiger charge is 2.22. The molecule has 0 saturated carbocycles. The first kappa shape index (κ1) is 16.8. The summed E-state index contributed by atoms with van der Waals surface area (Å²) in [5.41, 5.74) is 1.74. The molecule has 27 heavy (non-hydrogen) atoms. The molecule has 0 amide bonds. The predicted octanol–water partition coefficient (Wildman–Crippen LogP) is 4.74. The number of hydrogen-bond acceptors (Lipinski definition) is 4. The fraction of sp³-hybridized carbons (Fsp3) is 0.0435. The second-order valence-corrected chi connectivity index (χ2v) is 6.08. The van der Waals surface area contributed by atoms with E-state index in [9.17, 15) is 9.59 Å². The quantitative estimate of drug-likeness (QED) is 0.496. The minimum Gasteiger partial charge on any atom is -0.449 e. The van der Waals surface area contributed by atoms with Gasteiger partial charge >= 0.3 is 5.97 Å². The third kappa shape index (κ3) is 3.51. The van der Waals surface area contributed by atoms with Gasteiger partial charge in [0.25, 0.3) is 0 Å². The van der Waals surface area contributed by atoms with Crippen molar-refractivity contribution in [2.45, 2.75) is 6.10 Å². The van der Waals surface area contributed by atoms with Crippen molar-refractivity contribution in [1.29, 1.82) is 0 Å². The van der Waals surface area contributed by atoms with Crippen LogP contribution in [0, 0.1) is 0 Å². The largest absolute Gasteiger partial charge is 0.449 e. The van der Waals surface area contributed by atoms with Gasteiger partial charge in [0.05, 0.1) is 5.39 Å². The number of rotatable bonds is 4. The minimum atomic E-state index is -0.685. The molecule has 0 aliphatic rings. The summed E-state index contributed by atoms with van der Waals surface area (Å²) < 4.78 is 11.3. The molecule has 132 valence electrons. The summed E-state index contributed by atoms with van der Waals surface area (Å²) in [5, 5.41) is 0.428. The van der Waals surface area contributed by atoms with Crippen molar-refractivity contribution in [3.05, 3.63) is 118 Å². The van der Waals surface area contributed by atoms with Gasteiger partial charge in [-0.05, 0) is 23.3 Å². The monoisotopic (exact) mass is 356 g/mol. The zero-order valence-corrected chi connectivity index (χ0v) is 14.4. The summed E-state index contributed by atoms with van der Waals surface area (Å²) in [6.45, 7) is 0. The number of esters is 1. The second-order valence-electron chi connectivity index (χ2n) is 6.08. The van der Waals surface area contributed by atoms with Crippen LogP contribution < -0.4 is 5.43 Å². The summed E-state index contributed by atoms with van der Waals surface area (Å²) in [5.74, 6) is -0.800. The number of carbonyl (C=O) groups excluding carboxylic acids is 1. The average molecular weight is 356 g/mol. The van der Waals surface area contributed by atoms with Crippen LogP contribution in [0.3, 0.4) is 0 Å². The number of benzene rings is 3. The first-order valence-corrected chi connectivity index (χ1v) is 8.56. The first-order valence-electron chi connectivity index (χ1n) is 8.56. The Morgan fingerprint density at radius 1 is 0.778 bits per heavy atom. The lowest BCUT2D eigenvalue weighted by Crippen LogP contribution is -2.15. The van der Waals surface area contributed by atoms with Crippen LogP contribution in [0.15, 0.2) is 100 Å². The molecule has 0 saturated heterocycles. The molecule has 0 unspecified atom stereocenters. The van der Waals surface area contributed by atoms with Gasteiger partial charge in [0, 0.05) is 6.07 Å². The van der Waals surface area contributed by atoms with E-state index in [1.165, 1.54) is 6.07 Å². The molecule has 3 aromatic carbocycles. The van der Waals surface area contributed by atoms with E-state index in [-0.39, 0.29) is 11.2 Å². The summed E-state index contributed by atoms with van der Waals surface area (Å²) in [4.78, 5) is 25.0. The van der Waals surface area contributed by atoms with Gasteiger partial charge in [0.1, 0.15) is 5.58 Å². The highest BCUT2D eigenvalue weighted by Crippen LogP contribution is 2.27. The third-order valence-electron chi connectivity index (χ3n) is 4.27. The maximum Gasteiger partial charge on any atom is 0.375 e.